The van der Waals surface area contributed by atoms with Crippen LogP contribution in [-0.4, -0.2) is 12.2 Å². The maximum Gasteiger partial charge on any atom is 0.0682 e. The molecule has 1 rings (SSSR count). The van der Waals surface area contributed by atoms with E-state index in [4.69, 9.17) is 4.74 Å². The van der Waals surface area contributed by atoms with Crippen LogP contribution < -0.4 is 0 Å². The van der Waals surface area contributed by atoms with E-state index in [9.17, 15) is 0 Å². The van der Waals surface area contributed by atoms with Crippen molar-refractivity contribution in [1.29, 1.82) is 0 Å². The lowest BCUT2D eigenvalue weighted by Crippen LogP contribution is -2.36. The van der Waals surface area contributed by atoms with Crippen molar-refractivity contribution in [3.05, 3.63) is 0 Å². The third-order valence-corrected chi connectivity index (χ3v) is 2.86. The summed E-state index contributed by atoms with van der Waals surface area (Å²) in [7, 11) is 0. The monoisotopic (exact) mass is 170 g/mol. The Morgan fingerprint density at radius 2 is 2.08 bits per heavy atom. The van der Waals surface area contributed by atoms with Crippen molar-refractivity contribution in [3.63, 3.8) is 0 Å². The molecule has 72 valence electrons. The standard InChI is InChI=1S/C11H22O/c1-4-11(9-10(2)3)7-5-6-8-12-11/h10H,4-9H2,1-3H3. The maximum absolute atomic E-state index is 5.93. The van der Waals surface area contributed by atoms with Gasteiger partial charge in [-0.3, -0.25) is 0 Å². The fraction of sp³-hybridized carbons (Fsp3) is 1.00. The Bertz CT molecular complexity index is 123. The SMILES string of the molecule is CCC1(CC(C)C)CCCCO1. The molecule has 0 spiro atoms. The zero-order valence-electron chi connectivity index (χ0n) is 8.73. The molecule has 0 aliphatic carbocycles. The van der Waals surface area contributed by atoms with E-state index in [1.807, 2.05) is 0 Å². The molecule has 1 atom stereocenters. The maximum atomic E-state index is 5.93. The van der Waals surface area contributed by atoms with Gasteiger partial charge in [0.25, 0.3) is 0 Å². The first-order valence-electron chi connectivity index (χ1n) is 5.32. The zero-order chi connectivity index (χ0) is 9.03. The summed E-state index contributed by atoms with van der Waals surface area (Å²) in [4.78, 5) is 0. The number of rotatable bonds is 3. The predicted molar refractivity (Wildman–Crippen MR) is 52.3 cm³/mol. The fourth-order valence-electron chi connectivity index (χ4n) is 2.24. The van der Waals surface area contributed by atoms with Crippen LogP contribution in [0.2, 0.25) is 0 Å². The van der Waals surface area contributed by atoms with E-state index in [0.717, 1.165) is 12.5 Å². The average molecular weight is 170 g/mol. The van der Waals surface area contributed by atoms with E-state index in [1.54, 1.807) is 0 Å². The summed E-state index contributed by atoms with van der Waals surface area (Å²) in [5.41, 5.74) is 0.242. The predicted octanol–water partition coefficient (Wildman–Crippen LogP) is 3.38. The highest BCUT2D eigenvalue weighted by Gasteiger charge is 2.31. The van der Waals surface area contributed by atoms with Crippen LogP contribution in [0.3, 0.4) is 0 Å². The van der Waals surface area contributed by atoms with Crippen molar-refractivity contribution in [2.45, 2.75) is 58.5 Å². The fourth-order valence-corrected chi connectivity index (χ4v) is 2.24. The summed E-state index contributed by atoms with van der Waals surface area (Å²) >= 11 is 0. The normalized spacial score (nSPS) is 31.0. The van der Waals surface area contributed by atoms with Crippen LogP contribution in [0, 0.1) is 5.92 Å². The summed E-state index contributed by atoms with van der Waals surface area (Å²) in [6.07, 6.45) is 6.33. The molecule has 0 bridgehead atoms. The Hall–Kier alpha value is -0.0400. The van der Waals surface area contributed by atoms with Gasteiger partial charge in [-0.1, -0.05) is 20.8 Å². The molecule has 12 heavy (non-hydrogen) atoms. The summed E-state index contributed by atoms with van der Waals surface area (Å²) in [6, 6.07) is 0. The van der Waals surface area contributed by atoms with Gasteiger partial charge in [0.15, 0.2) is 0 Å². The lowest BCUT2D eigenvalue weighted by molar-refractivity contribution is -0.0923. The van der Waals surface area contributed by atoms with Crippen LogP contribution in [0.25, 0.3) is 0 Å². The number of ether oxygens (including phenoxy) is 1. The molecule has 0 saturated carbocycles. The molecule has 1 unspecified atom stereocenters. The molecule has 0 aromatic rings. The van der Waals surface area contributed by atoms with Crippen molar-refractivity contribution in [2.24, 2.45) is 5.92 Å². The second-order valence-corrected chi connectivity index (χ2v) is 4.44. The summed E-state index contributed by atoms with van der Waals surface area (Å²) in [5.74, 6) is 0.767. The molecule has 1 saturated heterocycles. The molecule has 0 N–H and O–H groups in total. The molecular formula is C11H22O. The van der Waals surface area contributed by atoms with Gasteiger partial charge in [-0.25, -0.2) is 0 Å². The largest absolute Gasteiger partial charge is 0.375 e. The topological polar surface area (TPSA) is 9.23 Å². The second kappa shape index (κ2) is 4.27. The van der Waals surface area contributed by atoms with Crippen LogP contribution in [0.1, 0.15) is 52.9 Å². The van der Waals surface area contributed by atoms with Crippen molar-refractivity contribution >= 4 is 0 Å². The molecule has 0 amide bonds. The highest BCUT2D eigenvalue weighted by Crippen LogP contribution is 2.33. The Labute approximate surface area is 76.5 Å². The third-order valence-electron chi connectivity index (χ3n) is 2.86. The minimum absolute atomic E-state index is 0.242. The number of hydrogen-bond donors (Lipinski definition) is 0. The summed E-state index contributed by atoms with van der Waals surface area (Å²) in [6.45, 7) is 7.82. The van der Waals surface area contributed by atoms with E-state index in [0.29, 0.717) is 0 Å². The van der Waals surface area contributed by atoms with Crippen molar-refractivity contribution < 1.29 is 4.74 Å². The van der Waals surface area contributed by atoms with Gasteiger partial charge in [0, 0.05) is 6.61 Å². The van der Waals surface area contributed by atoms with Gasteiger partial charge in [-0.05, 0) is 38.0 Å². The minimum Gasteiger partial charge on any atom is -0.375 e. The Morgan fingerprint density at radius 1 is 1.33 bits per heavy atom. The molecule has 0 radical (unpaired) electrons. The molecule has 1 aliphatic rings. The first-order chi connectivity index (χ1) is 5.68. The third kappa shape index (κ3) is 2.48. The second-order valence-electron chi connectivity index (χ2n) is 4.44. The summed E-state index contributed by atoms with van der Waals surface area (Å²) in [5, 5.41) is 0. The Balaban J connectivity index is 2.48. The lowest BCUT2D eigenvalue weighted by Gasteiger charge is -2.38. The van der Waals surface area contributed by atoms with E-state index in [2.05, 4.69) is 20.8 Å². The van der Waals surface area contributed by atoms with E-state index in [-0.39, 0.29) is 5.60 Å². The van der Waals surface area contributed by atoms with E-state index in [1.165, 1.54) is 32.1 Å². The Kier molecular flexibility index (Phi) is 3.57. The molecule has 1 aliphatic heterocycles. The van der Waals surface area contributed by atoms with Crippen LogP contribution in [0.5, 0.6) is 0 Å². The van der Waals surface area contributed by atoms with Crippen LogP contribution in [0.15, 0.2) is 0 Å². The van der Waals surface area contributed by atoms with Crippen LogP contribution in [-0.2, 0) is 4.74 Å². The van der Waals surface area contributed by atoms with Gasteiger partial charge in [-0.15, -0.1) is 0 Å². The first kappa shape index (κ1) is 10.0. The van der Waals surface area contributed by atoms with Gasteiger partial charge in [-0.2, -0.15) is 0 Å². The van der Waals surface area contributed by atoms with Gasteiger partial charge in [0.2, 0.25) is 0 Å². The smallest absolute Gasteiger partial charge is 0.0682 e. The molecular weight excluding hydrogens is 148 g/mol. The molecule has 0 aromatic carbocycles. The minimum atomic E-state index is 0.242. The quantitative estimate of drug-likeness (QED) is 0.631. The van der Waals surface area contributed by atoms with Gasteiger partial charge < -0.3 is 4.74 Å². The van der Waals surface area contributed by atoms with Gasteiger partial charge in [0.1, 0.15) is 0 Å². The van der Waals surface area contributed by atoms with Gasteiger partial charge >= 0.3 is 0 Å². The van der Waals surface area contributed by atoms with E-state index >= 15 is 0 Å². The van der Waals surface area contributed by atoms with Crippen molar-refractivity contribution in [3.8, 4) is 0 Å². The molecule has 1 fully saturated rings. The summed E-state index contributed by atoms with van der Waals surface area (Å²) < 4.78 is 5.93. The Morgan fingerprint density at radius 3 is 2.50 bits per heavy atom. The molecule has 1 heteroatoms. The van der Waals surface area contributed by atoms with E-state index < -0.39 is 0 Å². The molecule has 1 nitrogen and oxygen atoms in total. The van der Waals surface area contributed by atoms with Crippen molar-refractivity contribution in [2.75, 3.05) is 6.61 Å². The first-order valence-corrected chi connectivity index (χ1v) is 5.32. The van der Waals surface area contributed by atoms with Crippen LogP contribution in [0.4, 0.5) is 0 Å². The highest BCUT2D eigenvalue weighted by atomic mass is 16.5. The van der Waals surface area contributed by atoms with Crippen molar-refractivity contribution in [1.82, 2.24) is 0 Å². The average Bonchev–Trinajstić information content (AvgIpc) is 2.05. The highest BCUT2D eigenvalue weighted by molar-refractivity contribution is 4.83. The number of hydrogen-bond acceptors (Lipinski definition) is 1. The lowest BCUT2D eigenvalue weighted by atomic mass is 9.84. The zero-order valence-corrected chi connectivity index (χ0v) is 8.73. The molecule has 1 heterocycles. The molecule has 0 aromatic heterocycles. The van der Waals surface area contributed by atoms with Crippen LogP contribution >= 0.6 is 0 Å². The van der Waals surface area contributed by atoms with Gasteiger partial charge in [0.05, 0.1) is 5.60 Å².